The normalized spacial score (nSPS) is 30.9. The quantitative estimate of drug-likeness (QED) is 0.157. The molecule has 4 rings (SSSR count). The van der Waals surface area contributed by atoms with Crippen LogP contribution >= 0.6 is 67.8 Å². The highest BCUT2D eigenvalue weighted by Gasteiger charge is 2.70. The predicted molar refractivity (Wildman–Crippen MR) is 125 cm³/mol. The summed E-state index contributed by atoms with van der Waals surface area (Å²) in [5, 5.41) is -5.20. The van der Waals surface area contributed by atoms with E-state index in [0.29, 0.717) is 3.57 Å². The first-order valence-electron chi connectivity index (χ1n) is 8.86. The summed E-state index contributed by atoms with van der Waals surface area (Å²) in [6.07, 6.45) is -3.43. The number of alkyl halides is 2. The molecule has 6 unspecified atom stereocenters. The summed E-state index contributed by atoms with van der Waals surface area (Å²) >= 11 is 6.05. The van der Waals surface area contributed by atoms with E-state index in [9.17, 15) is 31.6 Å². The van der Waals surface area contributed by atoms with Crippen molar-refractivity contribution in [2.75, 3.05) is 0 Å². The van der Waals surface area contributed by atoms with E-state index in [4.69, 9.17) is 18.8 Å². The van der Waals surface area contributed by atoms with Gasteiger partial charge in [0.05, 0.1) is 5.56 Å². The highest BCUT2D eigenvalue weighted by molar-refractivity contribution is 14.1. The Labute approximate surface area is 220 Å². The summed E-state index contributed by atoms with van der Waals surface area (Å²) in [6, 6.07) is 3.45. The monoisotopic (exact) mass is 810 g/mol. The largest absolute Gasteiger partial charge is 0.465 e. The van der Waals surface area contributed by atoms with E-state index in [2.05, 4.69) is 22.6 Å². The van der Waals surface area contributed by atoms with Gasteiger partial charge in [0, 0.05) is 22.5 Å². The molecule has 2 saturated carbocycles. The Hall–Kier alpha value is -0.410. The summed E-state index contributed by atoms with van der Waals surface area (Å²) in [6.45, 7) is 0. The number of rotatable bonds is 5. The van der Waals surface area contributed by atoms with Crippen molar-refractivity contribution >= 4 is 95.8 Å². The van der Waals surface area contributed by atoms with E-state index in [-0.39, 0.29) is 12.0 Å². The lowest BCUT2D eigenvalue weighted by Crippen LogP contribution is -2.48. The van der Waals surface area contributed by atoms with E-state index in [1.807, 2.05) is 51.2 Å². The first kappa shape index (κ1) is 24.7. The van der Waals surface area contributed by atoms with Crippen LogP contribution in [-0.4, -0.2) is 54.4 Å². The predicted octanol–water partition coefficient (Wildman–Crippen LogP) is 2.61. The minimum atomic E-state index is -6.07. The van der Waals surface area contributed by atoms with Gasteiger partial charge in [0.2, 0.25) is 0 Å². The van der Waals surface area contributed by atoms with Crippen molar-refractivity contribution in [2.24, 2.45) is 17.8 Å². The molecule has 1 heterocycles. The van der Waals surface area contributed by atoms with Crippen LogP contribution in [0.2, 0.25) is 0 Å². The zero-order chi connectivity index (χ0) is 23.7. The van der Waals surface area contributed by atoms with Gasteiger partial charge in [-0.2, -0.15) is 17.2 Å². The van der Waals surface area contributed by atoms with Crippen molar-refractivity contribution in [3.8, 4) is 0 Å². The van der Waals surface area contributed by atoms with Gasteiger partial charge in [-0.25, -0.2) is 9.59 Å². The SMILES string of the molecule is O=C(OC1C2CC3C(OC(=O)C31)C2OC(=O)C(F)(F)S(=O)(=O)O)c1cc(I)cc(I)c1I. The summed E-state index contributed by atoms with van der Waals surface area (Å²) in [5.41, 5.74) is 0.249. The number of benzene rings is 1. The van der Waals surface area contributed by atoms with Crippen LogP contribution < -0.4 is 0 Å². The lowest BCUT2D eigenvalue weighted by Gasteiger charge is -2.31. The Morgan fingerprint density at radius 2 is 1.78 bits per heavy atom. The van der Waals surface area contributed by atoms with Crippen molar-refractivity contribution in [1.29, 1.82) is 0 Å². The number of halogens is 5. The molecule has 1 aliphatic heterocycles. The number of esters is 3. The second-order valence-electron chi connectivity index (χ2n) is 7.47. The summed E-state index contributed by atoms with van der Waals surface area (Å²) in [4.78, 5) is 37.0. The Morgan fingerprint density at radius 3 is 2.41 bits per heavy atom. The zero-order valence-electron chi connectivity index (χ0n) is 15.3. The molecule has 3 fully saturated rings. The smallest absolute Gasteiger partial charge is 0.458 e. The number of hydrogen-bond donors (Lipinski definition) is 1. The number of hydrogen-bond acceptors (Lipinski definition) is 8. The van der Waals surface area contributed by atoms with Gasteiger partial charge in [0.25, 0.3) is 0 Å². The lowest BCUT2D eigenvalue weighted by molar-refractivity contribution is -0.178. The maximum Gasteiger partial charge on any atom is 0.465 e. The molecule has 6 atom stereocenters. The Bertz CT molecular complexity index is 1140. The summed E-state index contributed by atoms with van der Waals surface area (Å²) < 4.78 is 75.3. The molecule has 0 aromatic heterocycles. The van der Waals surface area contributed by atoms with Crippen molar-refractivity contribution in [2.45, 2.75) is 30.0 Å². The fourth-order valence-corrected chi connectivity index (χ4v) is 7.07. The van der Waals surface area contributed by atoms with Crippen LogP contribution in [-0.2, 0) is 33.9 Å². The lowest BCUT2D eigenvalue weighted by atomic mass is 9.85. The average Bonchev–Trinajstić information content (AvgIpc) is 3.27. The topological polar surface area (TPSA) is 133 Å². The number of ether oxygens (including phenoxy) is 3. The van der Waals surface area contributed by atoms with Gasteiger partial charge in [-0.1, -0.05) is 0 Å². The second-order valence-corrected chi connectivity index (χ2v) is 12.4. The van der Waals surface area contributed by atoms with E-state index >= 15 is 0 Å². The third-order valence-corrected chi connectivity index (χ3v) is 10.2. The van der Waals surface area contributed by atoms with Crippen LogP contribution in [0.4, 0.5) is 8.78 Å². The second kappa shape index (κ2) is 8.36. The highest BCUT2D eigenvalue weighted by atomic mass is 127. The molecule has 2 bridgehead atoms. The molecule has 1 saturated heterocycles. The van der Waals surface area contributed by atoms with Crippen LogP contribution in [0, 0.1) is 28.5 Å². The number of carbonyl (C=O) groups is 3. The molecule has 15 heteroatoms. The minimum absolute atomic E-state index is 0.190. The van der Waals surface area contributed by atoms with E-state index in [0.717, 1.165) is 7.14 Å². The fraction of sp³-hybridized carbons (Fsp3) is 0.471. The van der Waals surface area contributed by atoms with Gasteiger partial charge in [0.15, 0.2) is 0 Å². The van der Waals surface area contributed by atoms with Gasteiger partial charge < -0.3 is 14.2 Å². The molecular weight excluding hydrogens is 799 g/mol. The standard InChI is InChI=1S/C17H11F2I3O9S/c18-17(19,32(26,27)28)16(25)31-13-7-3-5-9(15(24)30-12(5)13)11(7)29-14(23)6-1-4(20)2-8(21)10(6)22/h1-2,5,7,9,11-13H,3H2,(H,26,27,28). The molecule has 1 aromatic rings. The van der Waals surface area contributed by atoms with Gasteiger partial charge in [0.1, 0.15) is 24.2 Å². The molecule has 2 aliphatic carbocycles. The van der Waals surface area contributed by atoms with Gasteiger partial charge >= 0.3 is 33.3 Å². The highest BCUT2D eigenvalue weighted by Crippen LogP contribution is 2.57. The van der Waals surface area contributed by atoms with Gasteiger partial charge in [-0.15, -0.1) is 0 Å². The Kier molecular flexibility index (Phi) is 6.46. The zero-order valence-corrected chi connectivity index (χ0v) is 22.6. The summed E-state index contributed by atoms with van der Waals surface area (Å²) in [5.74, 6) is -6.20. The van der Waals surface area contributed by atoms with E-state index in [1.165, 1.54) is 0 Å². The molecular formula is C17H11F2I3O9S. The van der Waals surface area contributed by atoms with Gasteiger partial charge in [-0.3, -0.25) is 9.35 Å². The van der Waals surface area contributed by atoms with Crippen LogP contribution in [0.15, 0.2) is 12.1 Å². The van der Waals surface area contributed by atoms with Gasteiger partial charge in [-0.05, 0) is 86.3 Å². The molecule has 1 N–H and O–H groups in total. The van der Waals surface area contributed by atoms with E-state index in [1.54, 1.807) is 6.07 Å². The number of carbonyl (C=O) groups excluding carboxylic acids is 3. The van der Waals surface area contributed by atoms with Crippen LogP contribution in [0.5, 0.6) is 0 Å². The first-order chi connectivity index (χ1) is 14.7. The van der Waals surface area contributed by atoms with Crippen molar-refractivity contribution in [3.63, 3.8) is 0 Å². The van der Waals surface area contributed by atoms with Crippen molar-refractivity contribution < 1.29 is 50.3 Å². The molecule has 1 aromatic carbocycles. The first-order valence-corrected chi connectivity index (χ1v) is 13.5. The van der Waals surface area contributed by atoms with Crippen LogP contribution in [0.1, 0.15) is 16.8 Å². The molecule has 9 nitrogen and oxygen atoms in total. The number of fused-ring (bicyclic) bond motifs is 1. The Balaban J connectivity index is 1.59. The molecule has 32 heavy (non-hydrogen) atoms. The minimum Gasteiger partial charge on any atom is -0.458 e. The Morgan fingerprint density at radius 1 is 1.12 bits per heavy atom. The fourth-order valence-electron chi connectivity index (χ4n) is 4.43. The van der Waals surface area contributed by atoms with Crippen LogP contribution in [0.25, 0.3) is 0 Å². The average molecular weight is 810 g/mol. The molecule has 0 amide bonds. The summed E-state index contributed by atoms with van der Waals surface area (Å²) in [7, 11) is -6.07. The maximum atomic E-state index is 13.7. The molecule has 0 radical (unpaired) electrons. The van der Waals surface area contributed by atoms with Crippen LogP contribution in [0.3, 0.4) is 0 Å². The third-order valence-electron chi connectivity index (χ3n) is 5.73. The third kappa shape index (κ3) is 3.92. The maximum absolute atomic E-state index is 13.7. The molecule has 0 spiro atoms. The molecule has 3 aliphatic rings. The van der Waals surface area contributed by atoms with E-state index < -0.39 is 69.3 Å². The van der Waals surface area contributed by atoms with Crippen molar-refractivity contribution in [3.05, 3.63) is 28.4 Å². The van der Waals surface area contributed by atoms with Crippen molar-refractivity contribution in [1.82, 2.24) is 0 Å². The molecule has 174 valence electrons.